The van der Waals surface area contributed by atoms with Crippen molar-refractivity contribution in [3.63, 3.8) is 0 Å². The summed E-state index contributed by atoms with van der Waals surface area (Å²) < 4.78 is 0. The van der Waals surface area contributed by atoms with Crippen LogP contribution in [0.1, 0.15) is 38.8 Å². The number of aliphatic imine (C=N–C) groups is 1. The Hall–Kier alpha value is -3.21. The summed E-state index contributed by atoms with van der Waals surface area (Å²) in [5.74, 6) is 1.36. The molecule has 0 fully saturated rings. The Balaban J connectivity index is 0.000000660. The molecule has 0 spiro atoms. The Morgan fingerprint density at radius 3 is 2.36 bits per heavy atom. The molecule has 2 aromatic carbocycles. The smallest absolute Gasteiger partial charge is 0.229 e. The number of rotatable bonds is 4. The molecule has 4 rings (SSSR count). The number of fused-ring (bicyclic) bond motifs is 1. The highest BCUT2D eigenvalue weighted by Crippen LogP contribution is 2.29. The van der Waals surface area contributed by atoms with Crippen LogP contribution < -0.4 is 10.6 Å². The molecule has 0 aliphatic carbocycles. The first-order chi connectivity index (χ1) is 13.8. The summed E-state index contributed by atoms with van der Waals surface area (Å²) in [6.07, 6.45) is 4.64. The van der Waals surface area contributed by atoms with Crippen molar-refractivity contribution in [3.8, 4) is 0 Å². The molecule has 2 heterocycles. The lowest BCUT2D eigenvalue weighted by molar-refractivity contribution is 1.13. The maximum Gasteiger partial charge on any atom is 0.229 e. The van der Waals surface area contributed by atoms with E-state index in [1.54, 1.807) is 0 Å². The molecule has 5 nitrogen and oxygen atoms in total. The van der Waals surface area contributed by atoms with Gasteiger partial charge in [0, 0.05) is 35.8 Å². The Kier molecular flexibility index (Phi) is 8.15. The number of nitrogens with one attached hydrogen (secondary N) is 2. The number of hydrogen-bond acceptors (Lipinski definition) is 5. The van der Waals surface area contributed by atoms with Crippen LogP contribution in [0.25, 0.3) is 0 Å². The molecule has 1 aliphatic heterocycles. The summed E-state index contributed by atoms with van der Waals surface area (Å²) in [5, 5.41) is 6.60. The summed E-state index contributed by atoms with van der Waals surface area (Å²) in [4.78, 5) is 13.3. The second-order valence-corrected chi connectivity index (χ2v) is 5.70. The van der Waals surface area contributed by atoms with Gasteiger partial charge in [-0.2, -0.15) is 4.98 Å². The fraction of sp³-hybridized carbons (Fsp3) is 0.261. The first-order valence-electron chi connectivity index (χ1n) is 9.86. The van der Waals surface area contributed by atoms with E-state index < -0.39 is 0 Å². The second-order valence-electron chi connectivity index (χ2n) is 5.70. The second kappa shape index (κ2) is 10.8. The zero-order chi connectivity index (χ0) is 20.4. The van der Waals surface area contributed by atoms with Crippen LogP contribution in [0, 0.1) is 6.92 Å². The maximum absolute atomic E-state index is 4.59. The van der Waals surface area contributed by atoms with E-state index in [9.17, 15) is 0 Å². The van der Waals surface area contributed by atoms with E-state index in [-0.39, 0.29) is 0 Å². The molecule has 0 saturated heterocycles. The van der Waals surface area contributed by atoms with Crippen molar-refractivity contribution in [2.24, 2.45) is 4.99 Å². The van der Waals surface area contributed by atoms with E-state index in [1.165, 1.54) is 5.56 Å². The monoisotopic (exact) mass is 375 g/mol. The standard InChI is InChI=1S/C19H17N5.2C2H6/c1-13-12-21-19(23-15-5-3-2-4-6-15)24-18(13)22-16-7-8-17-14(11-16)9-10-20-17;2*1-2/h2-8,10-12H,9H2,1H3,(H2,21,22,23,24);2*1-2H3. The predicted molar refractivity (Wildman–Crippen MR) is 121 cm³/mol. The molecule has 0 atom stereocenters. The minimum absolute atomic E-state index is 0.568. The minimum atomic E-state index is 0.568. The summed E-state index contributed by atoms with van der Waals surface area (Å²) in [7, 11) is 0. The number of hydrogen-bond donors (Lipinski definition) is 2. The van der Waals surface area contributed by atoms with E-state index in [2.05, 4.69) is 31.7 Å². The first-order valence-corrected chi connectivity index (χ1v) is 9.86. The Morgan fingerprint density at radius 1 is 0.857 bits per heavy atom. The lowest BCUT2D eigenvalue weighted by Gasteiger charge is -2.12. The van der Waals surface area contributed by atoms with E-state index in [4.69, 9.17) is 0 Å². The number of benzene rings is 2. The van der Waals surface area contributed by atoms with Gasteiger partial charge in [0.1, 0.15) is 5.82 Å². The lowest BCUT2D eigenvalue weighted by atomic mass is 10.1. The van der Waals surface area contributed by atoms with Gasteiger partial charge >= 0.3 is 0 Å². The van der Waals surface area contributed by atoms with Crippen molar-refractivity contribution < 1.29 is 0 Å². The van der Waals surface area contributed by atoms with Crippen LogP contribution in [0.2, 0.25) is 0 Å². The van der Waals surface area contributed by atoms with Gasteiger partial charge in [-0.3, -0.25) is 4.99 Å². The summed E-state index contributed by atoms with van der Waals surface area (Å²) in [6.45, 7) is 9.99. The normalized spacial score (nSPS) is 10.8. The zero-order valence-corrected chi connectivity index (χ0v) is 17.3. The summed E-state index contributed by atoms with van der Waals surface area (Å²) in [5.41, 5.74) is 5.24. The average Bonchev–Trinajstić information content (AvgIpc) is 3.22. The number of aromatic nitrogens is 2. The van der Waals surface area contributed by atoms with Gasteiger partial charge in [0.05, 0.1) is 5.69 Å². The zero-order valence-electron chi connectivity index (χ0n) is 17.3. The maximum atomic E-state index is 4.59. The van der Waals surface area contributed by atoms with Gasteiger partial charge in [-0.05, 0) is 42.8 Å². The Labute approximate surface area is 168 Å². The number of para-hydroxylation sites is 1. The quantitative estimate of drug-likeness (QED) is 0.540. The summed E-state index contributed by atoms with van der Waals surface area (Å²) >= 11 is 0. The lowest BCUT2D eigenvalue weighted by Crippen LogP contribution is -2.02. The van der Waals surface area contributed by atoms with Crippen molar-refractivity contribution >= 4 is 35.0 Å². The van der Waals surface area contributed by atoms with Crippen LogP contribution in [-0.2, 0) is 6.42 Å². The molecule has 146 valence electrons. The average molecular weight is 376 g/mol. The number of aryl methyl sites for hydroxylation is 1. The van der Waals surface area contributed by atoms with Crippen LogP contribution in [-0.4, -0.2) is 16.2 Å². The van der Waals surface area contributed by atoms with Crippen LogP contribution in [0.5, 0.6) is 0 Å². The van der Waals surface area contributed by atoms with Gasteiger partial charge in [-0.25, -0.2) is 4.98 Å². The molecule has 2 N–H and O–H groups in total. The first kappa shape index (κ1) is 21.1. The van der Waals surface area contributed by atoms with E-state index in [0.717, 1.165) is 34.9 Å². The molecule has 1 aromatic heterocycles. The number of anilines is 4. The van der Waals surface area contributed by atoms with Crippen LogP contribution in [0.3, 0.4) is 0 Å². The third-order valence-corrected chi connectivity index (χ3v) is 3.89. The largest absolute Gasteiger partial charge is 0.340 e. The Morgan fingerprint density at radius 2 is 1.61 bits per heavy atom. The number of nitrogens with zero attached hydrogens (tertiary/aromatic N) is 3. The minimum Gasteiger partial charge on any atom is -0.340 e. The van der Waals surface area contributed by atoms with Crippen molar-refractivity contribution in [3.05, 3.63) is 65.9 Å². The van der Waals surface area contributed by atoms with Gasteiger partial charge in [-0.1, -0.05) is 45.9 Å². The summed E-state index contributed by atoms with van der Waals surface area (Å²) in [6, 6.07) is 16.1. The molecule has 0 unspecified atom stereocenters. The van der Waals surface area contributed by atoms with Gasteiger partial charge < -0.3 is 10.6 Å². The van der Waals surface area contributed by atoms with Crippen molar-refractivity contribution in [1.29, 1.82) is 0 Å². The molecule has 0 amide bonds. The topological polar surface area (TPSA) is 62.2 Å². The van der Waals surface area contributed by atoms with Gasteiger partial charge in [0.2, 0.25) is 5.95 Å². The van der Waals surface area contributed by atoms with Crippen LogP contribution in [0.4, 0.5) is 28.8 Å². The molecular weight excluding hydrogens is 346 g/mol. The molecule has 0 saturated carbocycles. The van der Waals surface area contributed by atoms with E-state index in [0.29, 0.717) is 5.95 Å². The van der Waals surface area contributed by atoms with Crippen molar-refractivity contribution in [2.75, 3.05) is 10.6 Å². The molecule has 5 heteroatoms. The van der Waals surface area contributed by atoms with Gasteiger partial charge in [0.25, 0.3) is 0 Å². The Bertz CT molecular complexity index is 904. The highest BCUT2D eigenvalue weighted by atomic mass is 15.1. The molecule has 3 aromatic rings. The molecule has 0 bridgehead atoms. The third-order valence-electron chi connectivity index (χ3n) is 3.89. The van der Waals surface area contributed by atoms with Crippen LogP contribution >= 0.6 is 0 Å². The SMILES string of the molecule is CC.CC.Cc1cnc(Nc2ccccc2)nc1Nc1ccc2c(c1)CC=N2. The third kappa shape index (κ3) is 5.39. The van der Waals surface area contributed by atoms with Crippen LogP contribution in [0.15, 0.2) is 59.7 Å². The highest BCUT2D eigenvalue weighted by Gasteiger charge is 2.09. The fourth-order valence-electron chi connectivity index (χ4n) is 2.61. The molecule has 28 heavy (non-hydrogen) atoms. The van der Waals surface area contributed by atoms with E-state index in [1.807, 2.05) is 89.5 Å². The van der Waals surface area contributed by atoms with Gasteiger partial charge in [0.15, 0.2) is 0 Å². The molecular formula is C23H29N5. The van der Waals surface area contributed by atoms with Crippen molar-refractivity contribution in [2.45, 2.75) is 41.0 Å². The predicted octanol–water partition coefficient (Wildman–Crippen LogP) is 6.58. The van der Waals surface area contributed by atoms with Crippen molar-refractivity contribution in [1.82, 2.24) is 9.97 Å². The fourth-order valence-corrected chi connectivity index (χ4v) is 2.61. The van der Waals surface area contributed by atoms with E-state index >= 15 is 0 Å². The molecule has 0 radical (unpaired) electrons. The highest BCUT2D eigenvalue weighted by molar-refractivity contribution is 5.78. The molecule has 1 aliphatic rings. The van der Waals surface area contributed by atoms with Gasteiger partial charge in [-0.15, -0.1) is 0 Å².